The van der Waals surface area contributed by atoms with Crippen molar-refractivity contribution < 1.29 is 4.74 Å². The number of nitrogens with one attached hydrogen (secondary N) is 1. The van der Waals surface area contributed by atoms with E-state index in [1.165, 1.54) is 30.8 Å². The molecule has 0 aliphatic carbocycles. The third-order valence-electron chi connectivity index (χ3n) is 4.06. The number of ether oxygens (including phenoxy) is 1. The quantitative estimate of drug-likeness (QED) is 0.874. The lowest BCUT2D eigenvalue weighted by Gasteiger charge is -2.38. The fraction of sp³-hybridized carbons (Fsp3) is 0.600. The van der Waals surface area contributed by atoms with Crippen molar-refractivity contribution in [3.05, 3.63) is 29.3 Å². The zero-order valence-corrected chi connectivity index (χ0v) is 11.1. The van der Waals surface area contributed by atoms with Gasteiger partial charge in [0, 0.05) is 31.1 Å². The summed E-state index contributed by atoms with van der Waals surface area (Å²) in [6, 6.07) is 6.46. The van der Waals surface area contributed by atoms with Gasteiger partial charge in [-0.2, -0.15) is 0 Å². The third kappa shape index (κ3) is 2.38. The van der Waals surface area contributed by atoms with Gasteiger partial charge >= 0.3 is 0 Å². The van der Waals surface area contributed by atoms with Gasteiger partial charge in [0.15, 0.2) is 0 Å². The Morgan fingerprint density at radius 2 is 2.28 bits per heavy atom. The van der Waals surface area contributed by atoms with E-state index in [2.05, 4.69) is 35.3 Å². The monoisotopic (exact) mass is 246 g/mol. The number of nitrogens with zero attached hydrogens (tertiary/aromatic N) is 1. The third-order valence-corrected chi connectivity index (χ3v) is 4.06. The average Bonchev–Trinajstić information content (AvgIpc) is 2.37. The maximum Gasteiger partial charge on any atom is 0.124 e. The van der Waals surface area contributed by atoms with Crippen molar-refractivity contribution in [3.63, 3.8) is 0 Å². The number of benzene rings is 1. The molecule has 3 heteroatoms. The molecule has 1 aromatic carbocycles. The van der Waals surface area contributed by atoms with Crippen molar-refractivity contribution in [3.8, 4) is 5.75 Å². The molecule has 0 unspecified atom stereocenters. The van der Waals surface area contributed by atoms with E-state index < -0.39 is 0 Å². The molecule has 18 heavy (non-hydrogen) atoms. The second-order valence-electron chi connectivity index (χ2n) is 5.35. The van der Waals surface area contributed by atoms with Crippen molar-refractivity contribution in [2.45, 2.75) is 19.9 Å². The highest BCUT2D eigenvalue weighted by molar-refractivity contribution is 5.41. The molecule has 2 heterocycles. The van der Waals surface area contributed by atoms with Gasteiger partial charge in [-0.1, -0.05) is 19.1 Å². The lowest BCUT2D eigenvalue weighted by Crippen LogP contribution is -2.48. The highest BCUT2D eigenvalue weighted by Gasteiger charge is 2.26. The van der Waals surface area contributed by atoms with E-state index in [1.54, 1.807) is 0 Å². The fourth-order valence-electron chi connectivity index (χ4n) is 2.87. The van der Waals surface area contributed by atoms with E-state index in [1.807, 2.05) is 0 Å². The van der Waals surface area contributed by atoms with Crippen LogP contribution in [0.5, 0.6) is 5.75 Å². The Labute approximate surface area is 109 Å². The Balaban J connectivity index is 1.59. The van der Waals surface area contributed by atoms with Gasteiger partial charge in [-0.25, -0.2) is 0 Å². The summed E-state index contributed by atoms with van der Waals surface area (Å²) in [5.41, 5.74) is 2.82. The predicted molar refractivity (Wildman–Crippen MR) is 73.0 cm³/mol. The van der Waals surface area contributed by atoms with Crippen LogP contribution in [-0.2, 0) is 13.0 Å². The van der Waals surface area contributed by atoms with Crippen molar-refractivity contribution in [1.29, 1.82) is 0 Å². The van der Waals surface area contributed by atoms with Crippen LogP contribution in [-0.4, -0.2) is 37.7 Å². The van der Waals surface area contributed by atoms with Crippen molar-refractivity contribution in [2.75, 3.05) is 32.8 Å². The number of likely N-dealkylation sites (tertiary alicyclic amines) is 1. The summed E-state index contributed by atoms with van der Waals surface area (Å²) in [4.78, 5) is 2.45. The number of hydrogen-bond donors (Lipinski definition) is 1. The summed E-state index contributed by atoms with van der Waals surface area (Å²) in [5, 5.41) is 3.42. The van der Waals surface area contributed by atoms with Gasteiger partial charge in [0.2, 0.25) is 0 Å². The van der Waals surface area contributed by atoms with Crippen LogP contribution in [0.3, 0.4) is 0 Å². The molecule has 0 radical (unpaired) electrons. The molecule has 0 bridgehead atoms. The molecule has 0 amide bonds. The molecule has 3 rings (SSSR count). The molecule has 98 valence electrons. The first-order valence-electron chi connectivity index (χ1n) is 7.03. The zero-order valence-electron chi connectivity index (χ0n) is 11.1. The second-order valence-corrected chi connectivity index (χ2v) is 5.35. The molecule has 1 saturated heterocycles. The van der Waals surface area contributed by atoms with Crippen molar-refractivity contribution in [1.82, 2.24) is 10.2 Å². The molecular weight excluding hydrogens is 224 g/mol. The average molecular weight is 246 g/mol. The maximum atomic E-state index is 6.03. The van der Waals surface area contributed by atoms with Crippen molar-refractivity contribution in [2.24, 2.45) is 5.92 Å². The van der Waals surface area contributed by atoms with Gasteiger partial charge in [-0.15, -0.1) is 0 Å². The number of hydrogen-bond acceptors (Lipinski definition) is 3. The Morgan fingerprint density at radius 1 is 1.39 bits per heavy atom. The minimum absolute atomic E-state index is 0.720. The lowest BCUT2D eigenvalue weighted by atomic mass is 9.99. The summed E-state index contributed by atoms with van der Waals surface area (Å²) >= 11 is 0. The summed E-state index contributed by atoms with van der Waals surface area (Å²) in [5.74, 6) is 1.81. The van der Waals surface area contributed by atoms with E-state index in [0.29, 0.717) is 0 Å². The summed E-state index contributed by atoms with van der Waals surface area (Å²) in [6.07, 6.45) is 1.12. The van der Waals surface area contributed by atoms with Crippen LogP contribution >= 0.6 is 0 Å². The Kier molecular flexibility index (Phi) is 3.52. The van der Waals surface area contributed by atoms with Crippen LogP contribution in [0, 0.1) is 5.92 Å². The van der Waals surface area contributed by atoms with Crippen LogP contribution < -0.4 is 10.1 Å². The molecule has 1 N–H and O–H groups in total. The summed E-state index contributed by atoms with van der Waals surface area (Å²) in [7, 11) is 0. The highest BCUT2D eigenvalue weighted by atomic mass is 16.5. The fourth-order valence-corrected chi connectivity index (χ4v) is 2.87. The minimum Gasteiger partial charge on any atom is -0.493 e. The van der Waals surface area contributed by atoms with Crippen LogP contribution in [0.25, 0.3) is 0 Å². The SMILES string of the molecule is CCN1CC(COc2cccc3c2CNCC3)C1. The van der Waals surface area contributed by atoms with Gasteiger partial charge in [0.25, 0.3) is 0 Å². The van der Waals surface area contributed by atoms with Gasteiger partial charge in [0.1, 0.15) is 5.75 Å². The van der Waals surface area contributed by atoms with Crippen LogP contribution in [0.15, 0.2) is 18.2 Å². The Morgan fingerprint density at radius 3 is 3.11 bits per heavy atom. The van der Waals surface area contributed by atoms with Gasteiger partial charge in [-0.3, -0.25) is 0 Å². The van der Waals surface area contributed by atoms with E-state index in [0.717, 1.165) is 37.8 Å². The number of fused-ring (bicyclic) bond motifs is 1. The molecule has 2 aliphatic heterocycles. The normalized spacial score (nSPS) is 20.3. The molecule has 0 saturated carbocycles. The van der Waals surface area contributed by atoms with Gasteiger partial charge < -0.3 is 15.0 Å². The Bertz CT molecular complexity index is 413. The van der Waals surface area contributed by atoms with Gasteiger partial charge in [-0.05, 0) is 31.1 Å². The lowest BCUT2D eigenvalue weighted by molar-refractivity contribution is 0.0667. The number of rotatable bonds is 4. The maximum absolute atomic E-state index is 6.03. The van der Waals surface area contributed by atoms with E-state index in [4.69, 9.17) is 4.74 Å². The topological polar surface area (TPSA) is 24.5 Å². The van der Waals surface area contributed by atoms with Crippen molar-refractivity contribution >= 4 is 0 Å². The molecule has 2 aliphatic rings. The molecule has 3 nitrogen and oxygen atoms in total. The molecule has 0 aromatic heterocycles. The first kappa shape index (κ1) is 12.0. The smallest absolute Gasteiger partial charge is 0.124 e. The van der Waals surface area contributed by atoms with Crippen LogP contribution in [0.1, 0.15) is 18.1 Å². The predicted octanol–water partition coefficient (Wildman–Crippen LogP) is 1.66. The van der Waals surface area contributed by atoms with Crippen LogP contribution in [0.2, 0.25) is 0 Å². The molecule has 1 aromatic rings. The summed E-state index contributed by atoms with van der Waals surface area (Å²) < 4.78 is 6.03. The van der Waals surface area contributed by atoms with Crippen LogP contribution in [0.4, 0.5) is 0 Å². The van der Waals surface area contributed by atoms with E-state index in [-0.39, 0.29) is 0 Å². The van der Waals surface area contributed by atoms with E-state index >= 15 is 0 Å². The molecule has 1 fully saturated rings. The summed E-state index contributed by atoms with van der Waals surface area (Å²) in [6.45, 7) is 8.69. The second kappa shape index (κ2) is 5.29. The van der Waals surface area contributed by atoms with E-state index in [9.17, 15) is 0 Å². The van der Waals surface area contributed by atoms with Gasteiger partial charge in [0.05, 0.1) is 6.61 Å². The largest absolute Gasteiger partial charge is 0.493 e. The minimum atomic E-state index is 0.720. The molecule has 0 atom stereocenters. The zero-order chi connectivity index (χ0) is 12.4. The standard InChI is InChI=1S/C15H22N2O/c1-2-17-9-12(10-17)11-18-15-5-3-4-13-6-7-16-8-14(13)15/h3-5,12,16H,2,6-11H2,1H3. The first-order valence-corrected chi connectivity index (χ1v) is 7.03. The Hall–Kier alpha value is -1.06. The molecule has 0 spiro atoms. The highest BCUT2D eigenvalue weighted by Crippen LogP contribution is 2.26. The molecular formula is C15H22N2O. The first-order chi connectivity index (χ1) is 8.86.